The molecule has 1 aromatic heterocycles. The van der Waals surface area contributed by atoms with Gasteiger partial charge in [-0.2, -0.15) is 0 Å². The Balaban J connectivity index is 1.76. The first kappa shape index (κ1) is 18.5. The van der Waals surface area contributed by atoms with E-state index in [9.17, 15) is 4.79 Å². The van der Waals surface area contributed by atoms with Crippen LogP contribution in [-0.2, 0) is 16.1 Å². The maximum Gasteiger partial charge on any atom is 0.303 e. The minimum Gasteiger partial charge on any atom is -0.490 e. The van der Waals surface area contributed by atoms with Gasteiger partial charge in [-0.25, -0.2) is 4.98 Å². The first-order chi connectivity index (χ1) is 12.4. The SMILES string of the molecule is CC(=O)OC(COc1ccc(Br)cc1)Cn1cnc2cc(C)c(C)cc21. The maximum absolute atomic E-state index is 11.5. The molecule has 3 rings (SSSR count). The van der Waals surface area contributed by atoms with E-state index in [-0.39, 0.29) is 12.6 Å². The van der Waals surface area contributed by atoms with Gasteiger partial charge in [0.05, 0.1) is 23.9 Å². The molecule has 136 valence electrons. The van der Waals surface area contributed by atoms with Gasteiger partial charge in [-0.1, -0.05) is 15.9 Å². The molecular formula is C20H21BrN2O3. The quantitative estimate of drug-likeness (QED) is 0.557. The van der Waals surface area contributed by atoms with Gasteiger partial charge < -0.3 is 14.0 Å². The number of carbonyl (C=O) groups excluding carboxylic acids is 1. The van der Waals surface area contributed by atoms with Crippen molar-refractivity contribution in [1.82, 2.24) is 9.55 Å². The summed E-state index contributed by atoms with van der Waals surface area (Å²) >= 11 is 3.40. The number of aromatic nitrogens is 2. The van der Waals surface area contributed by atoms with Crippen molar-refractivity contribution in [3.63, 3.8) is 0 Å². The summed E-state index contributed by atoms with van der Waals surface area (Å²) in [6, 6.07) is 11.7. The van der Waals surface area contributed by atoms with Crippen LogP contribution in [0.5, 0.6) is 5.75 Å². The molecule has 0 fully saturated rings. The fourth-order valence-corrected chi connectivity index (χ4v) is 3.02. The van der Waals surface area contributed by atoms with Crippen LogP contribution in [0.15, 0.2) is 47.2 Å². The molecule has 6 heteroatoms. The van der Waals surface area contributed by atoms with Gasteiger partial charge in [0.25, 0.3) is 0 Å². The number of hydrogen-bond donors (Lipinski definition) is 0. The molecule has 0 aliphatic rings. The average Bonchev–Trinajstić information content (AvgIpc) is 2.96. The lowest BCUT2D eigenvalue weighted by Crippen LogP contribution is -2.28. The number of esters is 1. The minimum atomic E-state index is -0.407. The monoisotopic (exact) mass is 416 g/mol. The summed E-state index contributed by atoms with van der Waals surface area (Å²) in [6.45, 7) is 6.31. The van der Waals surface area contributed by atoms with Crippen LogP contribution in [0.4, 0.5) is 0 Å². The smallest absolute Gasteiger partial charge is 0.303 e. The molecule has 0 aliphatic heterocycles. The minimum absolute atomic E-state index is 0.270. The number of nitrogens with zero attached hydrogens (tertiary/aromatic N) is 2. The van der Waals surface area contributed by atoms with Crippen molar-refractivity contribution in [1.29, 1.82) is 0 Å². The first-order valence-electron chi connectivity index (χ1n) is 8.40. The molecule has 5 nitrogen and oxygen atoms in total. The van der Waals surface area contributed by atoms with E-state index >= 15 is 0 Å². The number of aryl methyl sites for hydroxylation is 2. The number of ether oxygens (including phenoxy) is 2. The molecule has 1 atom stereocenters. The lowest BCUT2D eigenvalue weighted by molar-refractivity contribution is -0.148. The van der Waals surface area contributed by atoms with E-state index in [1.807, 2.05) is 28.8 Å². The van der Waals surface area contributed by atoms with E-state index in [1.165, 1.54) is 18.1 Å². The normalized spacial score (nSPS) is 12.2. The summed E-state index contributed by atoms with van der Waals surface area (Å²) < 4.78 is 14.2. The highest BCUT2D eigenvalue weighted by molar-refractivity contribution is 9.10. The van der Waals surface area contributed by atoms with Crippen molar-refractivity contribution >= 4 is 32.9 Å². The molecule has 0 saturated heterocycles. The zero-order chi connectivity index (χ0) is 18.7. The molecule has 0 aliphatic carbocycles. The zero-order valence-corrected chi connectivity index (χ0v) is 16.6. The van der Waals surface area contributed by atoms with Crippen molar-refractivity contribution in [2.45, 2.75) is 33.4 Å². The van der Waals surface area contributed by atoms with Crippen molar-refractivity contribution in [2.24, 2.45) is 0 Å². The van der Waals surface area contributed by atoms with E-state index in [0.717, 1.165) is 21.3 Å². The van der Waals surface area contributed by atoms with Crippen molar-refractivity contribution in [3.8, 4) is 5.75 Å². The van der Waals surface area contributed by atoms with Gasteiger partial charge in [0.2, 0.25) is 0 Å². The Morgan fingerprint density at radius 1 is 1.19 bits per heavy atom. The van der Waals surface area contributed by atoms with Gasteiger partial charge in [-0.05, 0) is 61.4 Å². The van der Waals surface area contributed by atoms with Crippen LogP contribution < -0.4 is 4.74 Å². The van der Waals surface area contributed by atoms with Crippen LogP contribution in [0, 0.1) is 13.8 Å². The highest BCUT2D eigenvalue weighted by atomic mass is 79.9. The third-order valence-electron chi connectivity index (χ3n) is 4.22. The molecule has 26 heavy (non-hydrogen) atoms. The number of rotatable bonds is 6. The number of imidazole rings is 1. The zero-order valence-electron chi connectivity index (χ0n) is 15.0. The molecule has 0 bridgehead atoms. The fourth-order valence-electron chi connectivity index (χ4n) is 2.76. The molecule has 0 saturated carbocycles. The molecule has 0 amide bonds. The molecule has 0 N–H and O–H groups in total. The van der Waals surface area contributed by atoms with Crippen molar-refractivity contribution in [3.05, 3.63) is 58.3 Å². The second-order valence-electron chi connectivity index (χ2n) is 6.32. The Morgan fingerprint density at radius 3 is 2.58 bits per heavy atom. The van der Waals surface area contributed by atoms with Gasteiger partial charge in [0.15, 0.2) is 6.10 Å². The van der Waals surface area contributed by atoms with Gasteiger partial charge in [-0.3, -0.25) is 4.79 Å². The number of halogens is 1. The third kappa shape index (κ3) is 4.43. The predicted octanol–water partition coefficient (Wildman–Crippen LogP) is 4.43. The summed E-state index contributed by atoms with van der Waals surface area (Å²) in [5.74, 6) is 0.401. The molecule has 1 heterocycles. The average molecular weight is 417 g/mol. The van der Waals surface area contributed by atoms with E-state index in [4.69, 9.17) is 9.47 Å². The van der Waals surface area contributed by atoms with Crippen LogP contribution in [0.3, 0.4) is 0 Å². The lowest BCUT2D eigenvalue weighted by atomic mass is 10.1. The van der Waals surface area contributed by atoms with E-state index in [1.54, 1.807) is 6.33 Å². The van der Waals surface area contributed by atoms with Gasteiger partial charge >= 0.3 is 5.97 Å². The maximum atomic E-state index is 11.5. The van der Waals surface area contributed by atoms with E-state index < -0.39 is 6.10 Å². The Morgan fingerprint density at radius 2 is 1.88 bits per heavy atom. The number of hydrogen-bond acceptors (Lipinski definition) is 4. The highest BCUT2D eigenvalue weighted by Crippen LogP contribution is 2.20. The highest BCUT2D eigenvalue weighted by Gasteiger charge is 2.16. The summed E-state index contributed by atoms with van der Waals surface area (Å²) in [7, 11) is 0. The van der Waals surface area contributed by atoms with Gasteiger partial charge in [0.1, 0.15) is 12.4 Å². The molecule has 0 radical (unpaired) electrons. The summed E-state index contributed by atoms with van der Waals surface area (Å²) in [5.41, 5.74) is 4.37. The predicted molar refractivity (Wildman–Crippen MR) is 104 cm³/mol. The molecule has 0 spiro atoms. The van der Waals surface area contributed by atoms with E-state index in [0.29, 0.717) is 6.54 Å². The summed E-state index contributed by atoms with van der Waals surface area (Å²) in [5, 5.41) is 0. The number of fused-ring (bicyclic) bond motifs is 1. The summed E-state index contributed by atoms with van der Waals surface area (Å²) in [4.78, 5) is 15.9. The van der Waals surface area contributed by atoms with Gasteiger partial charge in [0, 0.05) is 11.4 Å². The van der Waals surface area contributed by atoms with Crippen LogP contribution in [0.25, 0.3) is 11.0 Å². The second-order valence-corrected chi connectivity index (χ2v) is 7.23. The van der Waals surface area contributed by atoms with Crippen LogP contribution in [0.2, 0.25) is 0 Å². The lowest BCUT2D eigenvalue weighted by Gasteiger charge is -2.19. The van der Waals surface area contributed by atoms with Gasteiger partial charge in [-0.15, -0.1) is 0 Å². The Kier molecular flexibility index (Phi) is 5.61. The first-order valence-corrected chi connectivity index (χ1v) is 9.19. The number of benzene rings is 2. The molecule has 2 aromatic carbocycles. The largest absolute Gasteiger partial charge is 0.490 e. The van der Waals surface area contributed by atoms with Crippen LogP contribution in [0.1, 0.15) is 18.1 Å². The third-order valence-corrected chi connectivity index (χ3v) is 4.75. The topological polar surface area (TPSA) is 53.4 Å². The van der Waals surface area contributed by atoms with Crippen molar-refractivity contribution in [2.75, 3.05) is 6.61 Å². The Labute approximate surface area is 161 Å². The van der Waals surface area contributed by atoms with Crippen LogP contribution in [-0.4, -0.2) is 28.2 Å². The van der Waals surface area contributed by atoms with Crippen molar-refractivity contribution < 1.29 is 14.3 Å². The van der Waals surface area contributed by atoms with Crippen LogP contribution >= 0.6 is 15.9 Å². The fraction of sp³-hybridized carbons (Fsp3) is 0.300. The van der Waals surface area contributed by atoms with E-state index in [2.05, 4.69) is 46.9 Å². The molecule has 1 unspecified atom stereocenters. The number of carbonyl (C=O) groups is 1. The summed E-state index contributed by atoms with van der Waals surface area (Å²) in [6.07, 6.45) is 1.37. The Hall–Kier alpha value is -2.34. The Bertz CT molecular complexity index is 919. The molecular weight excluding hydrogens is 396 g/mol. The second kappa shape index (κ2) is 7.91. The molecule has 3 aromatic rings. The standard InChI is InChI=1S/C20H21BrN2O3/c1-13-8-19-20(9-14(13)2)23(12-22-19)10-18(26-15(3)24)11-25-17-6-4-16(21)5-7-17/h4-9,12,18H,10-11H2,1-3H3.